The monoisotopic (exact) mass is 391 g/mol. The molecule has 27 heavy (non-hydrogen) atoms. The highest BCUT2D eigenvalue weighted by Crippen LogP contribution is 2.22. The smallest absolute Gasteiger partial charge is 0.255 e. The fourth-order valence-electron chi connectivity index (χ4n) is 2.20. The van der Waals surface area contributed by atoms with E-state index in [1.54, 1.807) is 0 Å². The summed E-state index contributed by atoms with van der Waals surface area (Å²) in [5, 5.41) is 8.04. The molecule has 0 saturated carbocycles. The second-order valence-electron chi connectivity index (χ2n) is 5.68. The van der Waals surface area contributed by atoms with E-state index in [2.05, 4.69) is 16.0 Å². The van der Waals surface area contributed by atoms with Gasteiger partial charge in [-0.2, -0.15) is 0 Å². The molecule has 0 spiro atoms. The van der Waals surface area contributed by atoms with Crippen molar-refractivity contribution in [1.82, 2.24) is 10.6 Å². The molecule has 0 unspecified atom stereocenters. The fourth-order valence-corrected chi connectivity index (χ4v) is 2.37. The zero-order valence-electron chi connectivity index (χ0n) is 14.6. The Kier molecular flexibility index (Phi) is 7.31. The number of halogens is 2. The molecule has 0 radical (unpaired) electrons. The molecule has 0 atom stereocenters. The Labute approximate surface area is 161 Å². The molecule has 0 aliphatic carbocycles. The van der Waals surface area contributed by atoms with E-state index in [-0.39, 0.29) is 29.3 Å². The lowest BCUT2D eigenvalue weighted by atomic mass is 10.1. The summed E-state index contributed by atoms with van der Waals surface area (Å²) in [6, 6.07) is 9.35. The molecular weight excluding hydrogens is 373 g/mol. The van der Waals surface area contributed by atoms with Crippen LogP contribution >= 0.6 is 11.6 Å². The van der Waals surface area contributed by atoms with Gasteiger partial charge in [-0.3, -0.25) is 14.4 Å². The highest BCUT2D eigenvalue weighted by atomic mass is 35.5. The van der Waals surface area contributed by atoms with Gasteiger partial charge in [0.05, 0.1) is 17.8 Å². The number of anilines is 1. The van der Waals surface area contributed by atoms with E-state index in [1.807, 2.05) is 6.92 Å². The number of nitrogens with one attached hydrogen (secondary N) is 3. The molecule has 0 aliphatic heterocycles. The van der Waals surface area contributed by atoms with Crippen LogP contribution in [0.5, 0.6) is 0 Å². The Bertz CT molecular complexity index is 841. The van der Waals surface area contributed by atoms with Crippen molar-refractivity contribution < 1.29 is 18.8 Å². The maximum Gasteiger partial charge on any atom is 0.255 e. The summed E-state index contributed by atoms with van der Waals surface area (Å²) in [4.78, 5) is 36.3. The summed E-state index contributed by atoms with van der Waals surface area (Å²) in [6.07, 6.45) is 0.788. The van der Waals surface area contributed by atoms with Gasteiger partial charge in [0, 0.05) is 17.1 Å². The van der Waals surface area contributed by atoms with E-state index in [1.165, 1.54) is 30.3 Å². The third kappa shape index (κ3) is 6.07. The number of amides is 3. The molecule has 0 bridgehead atoms. The summed E-state index contributed by atoms with van der Waals surface area (Å²) in [6.45, 7) is 2.25. The van der Waals surface area contributed by atoms with Crippen LogP contribution in [0.15, 0.2) is 42.5 Å². The predicted molar refractivity (Wildman–Crippen MR) is 101 cm³/mol. The molecule has 0 fully saturated rings. The molecule has 3 N–H and O–H groups in total. The van der Waals surface area contributed by atoms with Gasteiger partial charge in [0.1, 0.15) is 5.82 Å². The molecule has 142 valence electrons. The first-order valence-electron chi connectivity index (χ1n) is 8.32. The minimum Gasteiger partial charge on any atom is -0.355 e. The lowest BCUT2D eigenvalue weighted by molar-refractivity contribution is -0.120. The van der Waals surface area contributed by atoms with E-state index in [0.29, 0.717) is 11.6 Å². The van der Waals surface area contributed by atoms with Gasteiger partial charge in [0.2, 0.25) is 5.91 Å². The normalized spacial score (nSPS) is 10.2. The molecule has 6 nitrogen and oxygen atoms in total. The van der Waals surface area contributed by atoms with E-state index >= 15 is 0 Å². The minimum absolute atomic E-state index is 0.151. The van der Waals surface area contributed by atoms with Gasteiger partial charge in [0.15, 0.2) is 0 Å². The number of hydrogen-bond acceptors (Lipinski definition) is 3. The van der Waals surface area contributed by atoms with Crippen LogP contribution in [0.3, 0.4) is 0 Å². The zero-order valence-corrected chi connectivity index (χ0v) is 15.4. The van der Waals surface area contributed by atoms with Gasteiger partial charge in [-0.15, -0.1) is 0 Å². The van der Waals surface area contributed by atoms with Crippen LogP contribution in [0.4, 0.5) is 10.1 Å². The summed E-state index contributed by atoms with van der Waals surface area (Å²) >= 11 is 5.96. The van der Waals surface area contributed by atoms with E-state index < -0.39 is 17.6 Å². The second kappa shape index (κ2) is 9.68. The zero-order chi connectivity index (χ0) is 19.8. The molecule has 0 aromatic heterocycles. The van der Waals surface area contributed by atoms with Crippen molar-refractivity contribution in [2.75, 3.05) is 18.4 Å². The summed E-state index contributed by atoms with van der Waals surface area (Å²) in [5.41, 5.74) is 0.558. The van der Waals surface area contributed by atoms with Gasteiger partial charge >= 0.3 is 0 Å². The quantitative estimate of drug-likeness (QED) is 0.678. The highest BCUT2D eigenvalue weighted by molar-refractivity contribution is 6.31. The van der Waals surface area contributed by atoms with Crippen LogP contribution in [-0.4, -0.2) is 30.8 Å². The van der Waals surface area contributed by atoms with E-state index in [4.69, 9.17) is 11.6 Å². The van der Waals surface area contributed by atoms with Gasteiger partial charge < -0.3 is 16.0 Å². The Morgan fingerprint density at radius 1 is 1.00 bits per heavy atom. The van der Waals surface area contributed by atoms with Gasteiger partial charge in [-0.25, -0.2) is 4.39 Å². The topological polar surface area (TPSA) is 87.3 Å². The maximum atomic E-state index is 13.0. The lowest BCUT2D eigenvalue weighted by Crippen LogP contribution is -2.37. The molecule has 0 aliphatic rings. The Morgan fingerprint density at radius 2 is 1.70 bits per heavy atom. The first-order chi connectivity index (χ1) is 12.9. The average Bonchev–Trinajstić information content (AvgIpc) is 2.65. The van der Waals surface area contributed by atoms with Crippen LogP contribution in [-0.2, 0) is 4.79 Å². The number of carbonyl (C=O) groups excluding carboxylic acids is 3. The van der Waals surface area contributed by atoms with Crippen molar-refractivity contribution >= 4 is 35.0 Å². The van der Waals surface area contributed by atoms with Crippen molar-refractivity contribution in [1.29, 1.82) is 0 Å². The lowest BCUT2D eigenvalue weighted by Gasteiger charge is -2.12. The molecule has 0 heterocycles. The van der Waals surface area contributed by atoms with Gasteiger partial charge in [0.25, 0.3) is 11.8 Å². The standard InChI is InChI=1S/C19H19ClFN3O3/c1-2-9-22-17(25)11-23-19(27)15-8-5-13(20)10-16(15)24-18(26)12-3-6-14(21)7-4-12/h3-8,10H,2,9,11H2,1H3,(H,22,25)(H,23,27)(H,24,26). The largest absolute Gasteiger partial charge is 0.355 e. The van der Waals surface area contributed by atoms with Crippen LogP contribution in [0.2, 0.25) is 5.02 Å². The average molecular weight is 392 g/mol. The van der Waals surface area contributed by atoms with Crippen LogP contribution < -0.4 is 16.0 Å². The number of benzene rings is 2. The number of rotatable bonds is 7. The summed E-state index contributed by atoms with van der Waals surface area (Å²) in [7, 11) is 0. The van der Waals surface area contributed by atoms with Crippen LogP contribution in [0.1, 0.15) is 34.1 Å². The molecular formula is C19H19ClFN3O3. The molecule has 2 aromatic rings. The van der Waals surface area contributed by atoms with Crippen molar-refractivity contribution in [2.24, 2.45) is 0 Å². The minimum atomic E-state index is -0.535. The van der Waals surface area contributed by atoms with Crippen molar-refractivity contribution in [3.8, 4) is 0 Å². The summed E-state index contributed by atoms with van der Waals surface area (Å²) in [5.74, 6) is -1.83. The first kappa shape index (κ1) is 20.4. The molecule has 2 rings (SSSR count). The van der Waals surface area contributed by atoms with Gasteiger partial charge in [-0.05, 0) is 48.9 Å². The Morgan fingerprint density at radius 3 is 2.37 bits per heavy atom. The van der Waals surface area contributed by atoms with Crippen LogP contribution in [0, 0.1) is 5.82 Å². The van der Waals surface area contributed by atoms with Crippen molar-refractivity contribution in [2.45, 2.75) is 13.3 Å². The SMILES string of the molecule is CCCNC(=O)CNC(=O)c1ccc(Cl)cc1NC(=O)c1ccc(F)cc1. The third-order valence-corrected chi connectivity index (χ3v) is 3.80. The van der Waals surface area contributed by atoms with Crippen LogP contribution in [0.25, 0.3) is 0 Å². The molecule has 0 saturated heterocycles. The van der Waals surface area contributed by atoms with Gasteiger partial charge in [-0.1, -0.05) is 18.5 Å². The third-order valence-electron chi connectivity index (χ3n) is 3.56. The number of hydrogen-bond donors (Lipinski definition) is 3. The molecule has 8 heteroatoms. The van der Waals surface area contributed by atoms with E-state index in [9.17, 15) is 18.8 Å². The highest BCUT2D eigenvalue weighted by Gasteiger charge is 2.16. The van der Waals surface area contributed by atoms with Crippen molar-refractivity contribution in [3.05, 3.63) is 64.4 Å². The van der Waals surface area contributed by atoms with E-state index in [0.717, 1.165) is 18.6 Å². The predicted octanol–water partition coefficient (Wildman–Crippen LogP) is 2.99. The van der Waals surface area contributed by atoms with Crippen molar-refractivity contribution in [3.63, 3.8) is 0 Å². The summed E-state index contributed by atoms with van der Waals surface area (Å²) < 4.78 is 13.0. The first-order valence-corrected chi connectivity index (χ1v) is 8.70. The molecule has 2 aromatic carbocycles. The Balaban J connectivity index is 2.11. The second-order valence-corrected chi connectivity index (χ2v) is 6.12. The maximum absolute atomic E-state index is 13.0. The Hall–Kier alpha value is -2.93. The fraction of sp³-hybridized carbons (Fsp3) is 0.211. The molecule has 3 amide bonds. The number of carbonyl (C=O) groups is 3.